The number of hydrogen-bond acceptors (Lipinski definition) is 1. The van der Waals surface area contributed by atoms with Crippen LogP contribution >= 0.6 is 0 Å². The lowest BCUT2D eigenvalue weighted by Crippen LogP contribution is -2.13. The minimum absolute atomic E-state index is 0.212. The zero-order valence-corrected chi connectivity index (χ0v) is 7.71. The fourth-order valence-corrected chi connectivity index (χ4v) is 1.79. The number of ketones is 1. The summed E-state index contributed by atoms with van der Waals surface area (Å²) in [5, 5.41) is 0. The molecular weight excluding hydrogens is 160 g/mol. The zero-order chi connectivity index (χ0) is 9.26. The first-order valence-corrected chi connectivity index (χ1v) is 4.60. The van der Waals surface area contributed by atoms with Crippen molar-refractivity contribution >= 4 is 5.78 Å². The molecule has 0 fully saturated rings. The molecule has 2 rings (SSSR count). The van der Waals surface area contributed by atoms with Crippen LogP contribution in [0.2, 0.25) is 0 Å². The minimum Gasteiger partial charge on any atom is -0.289 e. The van der Waals surface area contributed by atoms with E-state index < -0.39 is 0 Å². The molecule has 1 nitrogen and oxygen atoms in total. The van der Waals surface area contributed by atoms with E-state index in [9.17, 15) is 4.79 Å². The van der Waals surface area contributed by atoms with E-state index in [1.165, 1.54) is 5.56 Å². The summed E-state index contributed by atoms with van der Waals surface area (Å²) in [6.07, 6.45) is 3.83. The van der Waals surface area contributed by atoms with Gasteiger partial charge in [0.2, 0.25) is 0 Å². The summed E-state index contributed by atoms with van der Waals surface area (Å²) in [6.45, 7) is 1.93. The molecule has 1 aromatic carbocycles. The highest BCUT2D eigenvalue weighted by Gasteiger charge is 2.19. The fourth-order valence-electron chi connectivity index (χ4n) is 1.79. The van der Waals surface area contributed by atoms with Gasteiger partial charge >= 0.3 is 0 Å². The van der Waals surface area contributed by atoms with Gasteiger partial charge in [-0.05, 0) is 30.9 Å². The van der Waals surface area contributed by atoms with Gasteiger partial charge in [0.15, 0.2) is 5.78 Å². The number of fused-ring (bicyclic) bond motifs is 1. The van der Waals surface area contributed by atoms with Crippen molar-refractivity contribution in [2.45, 2.75) is 19.8 Å². The summed E-state index contributed by atoms with van der Waals surface area (Å²) < 4.78 is 0. The van der Waals surface area contributed by atoms with Crippen LogP contribution in [-0.2, 0) is 6.42 Å². The van der Waals surface area contributed by atoms with Gasteiger partial charge in [-0.1, -0.05) is 30.3 Å². The predicted octanol–water partition coefficient (Wildman–Crippen LogP) is 2.76. The monoisotopic (exact) mass is 172 g/mol. The second-order valence-corrected chi connectivity index (χ2v) is 3.30. The van der Waals surface area contributed by atoms with Gasteiger partial charge < -0.3 is 0 Å². The van der Waals surface area contributed by atoms with Crippen molar-refractivity contribution in [1.29, 1.82) is 0 Å². The Labute approximate surface area is 78.1 Å². The molecule has 1 aliphatic rings. The highest BCUT2D eigenvalue weighted by Crippen LogP contribution is 2.24. The second kappa shape index (κ2) is 3.17. The Balaban J connectivity index is 2.51. The third-order valence-electron chi connectivity index (χ3n) is 2.57. The van der Waals surface area contributed by atoms with E-state index in [0.29, 0.717) is 0 Å². The summed E-state index contributed by atoms with van der Waals surface area (Å²) >= 11 is 0. The van der Waals surface area contributed by atoms with Crippen LogP contribution in [0.4, 0.5) is 0 Å². The van der Waals surface area contributed by atoms with E-state index in [4.69, 9.17) is 0 Å². The predicted molar refractivity (Wildman–Crippen MR) is 52.9 cm³/mol. The molecule has 0 aliphatic heterocycles. The molecule has 1 aromatic rings. The number of hydrogen-bond donors (Lipinski definition) is 0. The van der Waals surface area contributed by atoms with Crippen LogP contribution in [0.15, 0.2) is 35.9 Å². The van der Waals surface area contributed by atoms with Crippen LogP contribution in [-0.4, -0.2) is 5.78 Å². The van der Waals surface area contributed by atoms with Crippen LogP contribution in [0.1, 0.15) is 29.3 Å². The number of benzene rings is 1. The Morgan fingerprint density at radius 2 is 2.00 bits per heavy atom. The highest BCUT2D eigenvalue weighted by atomic mass is 16.1. The molecule has 0 atom stereocenters. The first-order chi connectivity index (χ1) is 6.33. The third-order valence-corrected chi connectivity index (χ3v) is 2.57. The molecule has 13 heavy (non-hydrogen) atoms. The van der Waals surface area contributed by atoms with Gasteiger partial charge in [-0.2, -0.15) is 0 Å². The normalized spacial score (nSPS) is 18.8. The molecule has 0 aromatic heterocycles. The molecule has 0 heterocycles. The van der Waals surface area contributed by atoms with Crippen molar-refractivity contribution in [2.24, 2.45) is 0 Å². The van der Waals surface area contributed by atoms with E-state index >= 15 is 0 Å². The summed E-state index contributed by atoms with van der Waals surface area (Å²) in [6, 6.07) is 7.88. The van der Waals surface area contributed by atoms with Crippen molar-refractivity contribution in [3.63, 3.8) is 0 Å². The molecule has 0 amide bonds. The Morgan fingerprint density at radius 1 is 1.23 bits per heavy atom. The maximum Gasteiger partial charge on any atom is 0.188 e. The third kappa shape index (κ3) is 1.31. The quantitative estimate of drug-likeness (QED) is 0.550. The zero-order valence-electron chi connectivity index (χ0n) is 7.71. The molecule has 1 heteroatoms. The van der Waals surface area contributed by atoms with Gasteiger partial charge in [-0.15, -0.1) is 0 Å². The molecule has 0 bridgehead atoms. The summed E-state index contributed by atoms with van der Waals surface area (Å²) in [4.78, 5) is 11.8. The van der Waals surface area contributed by atoms with Gasteiger partial charge in [-0.3, -0.25) is 4.79 Å². The average molecular weight is 172 g/mol. The van der Waals surface area contributed by atoms with Crippen LogP contribution < -0.4 is 0 Å². The maximum atomic E-state index is 11.8. The maximum absolute atomic E-state index is 11.8. The topological polar surface area (TPSA) is 17.1 Å². The summed E-state index contributed by atoms with van der Waals surface area (Å²) in [5.41, 5.74) is 3.04. The van der Waals surface area contributed by atoms with Gasteiger partial charge in [0.1, 0.15) is 0 Å². The molecule has 1 aliphatic carbocycles. The van der Waals surface area contributed by atoms with Crippen molar-refractivity contribution in [2.75, 3.05) is 0 Å². The molecule has 0 spiro atoms. The van der Waals surface area contributed by atoms with E-state index in [0.717, 1.165) is 24.0 Å². The number of allylic oxidation sites excluding steroid dienone is 2. The van der Waals surface area contributed by atoms with Crippen molar-refractivity contribution in [3.05, 3.63) is 47.0 Å². The lowest BCUT2D eigenvalue weighted by atomic mass is 9.87. The van der Waals surface area contributed by atoms with E-state index in [2.05, 4.69) is 0 Å². The number of carbonyl (C=O) groups is 1. The van der Waals surface area contributed by atoms with Crippen molar-refractivity contribution in [1.82, 2.24) is 0 Å². The Hall–Kier alpha value is -1.37. The van der Waals surface area contributed by atoms with Gasteiger partial charge in [0.25, 0.3) is 0 Å². The van der Waals surface area contributed by atoms with Gasteiger partial charge in [0, 0.05) is 5.56 Å². The Kier molecular flexibility index (Phi) is 2.01. The highest BCUT2D eigenvalue weighted by molar-refractivity contribution is 6.10. The molecule has 0 radical (unpaired) electrons. The lowest BCUT2D eigenvalue weighted by molar-refractivity contribution is 0.102. The number of Topliss-reactive ketones (excluding diaryl/α,β-unsaturated/α-hetero) is 1. The van der Waals surface area contributed by atoms with E-state index in [1.807, 2.05) is 37.3 Å². The molecular formula is C12H12O. The summed E-state index contributed by atoms with van der Waals surface area (Å²) in [7, 11) is 0. The van der Waals surface area contributed by atoms with Crippen molar-refractivity contribution in [3.8, 4) is 0 Å². The number of rotatable bonds is 0. The molecule has 0 saturated heterocycles. The largest absolute Gasteiger partial charge is 0.289 e. The number of aryl methyl sites for hydroxylation is 1. The SMILES string of the molecule is C/C=C1\CCc2ccccc2C1=O. The van der Waals surface area contributed by atoms with E-state index in [1.54, 1.807) is 0 Å². The first-order valence-electron chi connectivity index (χ1n) is 4.60. The second-order valence-electron chi connectivity index (χ2n) is 3.30. The summed E-state index contributed by atoms with van der Waals surface area (Å²) in [5.74, 6) is 0.212. The Morgan fingerprint density at radius 3 is 2.77 bits per heavy atom. The van der Waals surface area contributed by atoms with Crippen molar-refractivity contribution < 1.29 is 4.79 Å². The van der Waals surface area contributed by atoms with E-state index in [-0.39, 0.29) is 5.78 Å². The van der Waals surface area contributed by atoms with Crippen LogP contribution in [0.25, 0.3) is 0 Å². The average Bonchev–Trinajstić information content (AvgIpc) is 2.19. The molecule has 0 saturated carbocycles. The lowest BCUT2D eigenvalue weighted by Gasteiger charge is -2.16. The smallest absolute Gasteiger partial charge is 0.188 e. The molecule has 66 valence electrons. The van der Waals surface area contributed by atoms with Crippen LogP contribution in [0.5, 0.6) is 0 Å². The van der Waals surface area contributed by atoms with Gasteiger partial charge in [-0.25, -0.2) is 0 Å². The Bertz CT molecular complexity index is 374. The number of carbonyl (C=O) groups excluding carboxylic acids is 1. The van der Waals surface area contributed by atoms with Crippen LogP contribution in [0.3, 0.4) is 0 Å². The van der Waals surface area contributed by atoms with Gasteiger partial charge in [0.05, 0.1) is 0 Å². The minimum atomic E-state index is 0.212. The molecule has 0 N–H and O–H groups in total. The fraction of sp³-hybridized carbons (Fsp3) is 0.250. The molecule has 0 unspecified atom stereocenters. The standard InChI is InChI=1S/C12H12O/c1-2-9-7-8-10-5-3-4-6-11(10)12(9)13/h2-6H,7-8H2,1H3/b9-2+. The van der Waals surface area contributed by atoms with Crippen LogP contribution in [0, 0.1) is 0 Å². The first kappa shape index (κ1) is 8.24.